The summed E-state index contributed by atoms with van der Waals surface area (Å²) in [6, 6.07) is 9.63. The van der Waals surface area contributed by atoms with Crippen LogP contribution in [0, 0.1) is 0 Å². The Kier molecular flexibility index (Phi) is 4.28. The summed E-state index contributed by atoms with van der Waals surface area (Å²) in [6.45, 7) is 0. The van der Waals surface area contributed by atoms with Crippen molar-refractivity contribution in [2.45, 2.75) is 4.90 Å². The predicted octanol–water partition coefficient (Wildman–Crippen LogP) is 1.34. The van der Waals surface area contributed by atoms with Gasteiger partial charge in [0.25, 0.3) is 0 Å². The molecule has 0 aliphatic rings. The van der Waals surface area contributed by atoms with E-state index in [0.29, 0.717) is 10.7 Å². The highest BCUT2D eigenvalue weighted by Gasteiger charge is 2.03. The Morgan fingerprint density at radius 1 is 1.10 bits per heavy atom. The van der Waals surface area contributed by atoms with E-state index in [1.54, 1.807) is 30.5 Å². The quantitative estimate of drug-likeness (QED) is 0.658. The van der Waals surface area contributed by atoms with E-state index in [2.05, 4.69) is 20.4 Å². The highest BCUT2D eigenvalue weighted by atomic mass is 35.5. The molecule has 0 radical (unpaired) electrons. The molecule has 0 bridgehead atoms. The average Bonchev–Trinajstić information content (AvgIpc) is 2.89. The summed E-state index contributed by atoms with van der Waals surface area (Å²) in [5, 5.41) is 15.3. The van der Waals surface area contributed by atoms with Crippen molar-refractivity contribution in [2.75, 3.05) is 0 Å². The van der Waals surface area contributed by atoms with Crippen molar-refractivity contribution in [1.82, 2.24) is 20.4 Å². The first-order valence-electron chi connectivity index (χ1n) is 5.37. The Balaban J connectivity index is 0.000000147. The molecule has 0 unspecified atom stereocenters. The van der Waals surface area contributed by atoms with Crippen LogP contribution < -0.4 is 5.14 Å². The molecule has 3 rings (SSSR count). The molecule has 7 nitrogen and oxygen atoms in total. The van der Waals surface area contributed by atoms with Gasteiger partial charge in [0.05, 0.1) is 4.90 Å². The predicted molar refractivity (Wildman–Crippen MR) is 74.5 cm³/mol. The van der Waals surface area contributed by atoms with Crippen LogP contribution in [-0.2, 0) is 10.0 Å². The maximum absolute atomic E-state index is 10.6. The van der Waals surface area contributed by atoms with Gasteiger partial charge in [-0.25, -0.2) is 18.5 Å². The maximum Gasteiger partial charge on any atom is 0.238 e. The topological polar surface area (TPSA) is 115 Å². The Labute approximate surface area is 119 Å². The van der Waals surface area contributed by atoms with Gasteiger partial charge in [-0.1, -0.05) is 29.8 Å². The SMILES string of the molecule is Clc1nccc2n[nH]nc12.NS(=O)(=O)c1ccccc1. The van der Waals surface area contributed by atoms with Gasteiger partial charge in [-0.05, 0) is 18.2 Å². The first-order chi connectivity index (χ1) is 9.48. The van der Waals surface area contributed by atoms with E-state index in [1.165, 1.54) is 12.1 Å². The van der Waals surface area contributed by atoms with E-state index >= 15 is 0 Å². The number of pyridine rings is 1. The van der Waals surface area contributed by atoms with E-state index in [9.17, 15) is 8.42 Å². The van der Waals surface area contributed by atoms with Gasteiger partial charge in [-0.2, -0.15) is 15.4 Å². The Hall–Kier alpha value is -2.03. The first-order valence-corrected chi connectivity index (χ1v) is 7.30. The van der Waals surface area contributed by atoms with Crippen LogP contribution >= 0.6 is 11.6 Å². The summed E-state index contributed by atoms with van der Waals surface area (Å²) in [4.78, 5) is 3.97. The van der Waals surface area contributed by atoms with Crippen LogP contribution in [-0.4, -0.2) is 28.8 Å². The number of nitrogens with zero attached hydrogens (tertiary/aromatic N) is 3. The summed E-state index contributed by atoms with van der Waals surface area (Å²) in [5.74, 6) is 0. The standard InChI is InChI=1S/C6H7NO2S.C5H3ClN4/c7-10(8,9)6-4-2-1-3-5-6;6-5-4-3(1-2-7-5)8-10-9-4/h1-5H,(H2,7,8,9);1-2H,(H,8,9,10). The zero-order chi connectivity index (χ0) is 14.6. The highest BCUT2D eigenvalue weighted by molar-refractivity contribution is 7.89. The summed E-state index contributed by atoms with van der Waals surface area (Å²) in [5.41, 5.74) is 1.35. The smallest absolute Gasteiger partial charge is 0.238 e. The molecule has 0 aliphatic carbocycles. The average molecular weight is 312 g/mol. The van der Waals surface area contributed by atoms with Gasteiger partial charge in [-0.15, -0.1) is 0 Å². The molecule has 0 fully saturated rings. The van der Waals surface area contributed by atoms with Crippen LogP contribution in [0.1, 0.15) is 0 Å². The van der Waals surface area contributed by atoms with Crippen molar-refractivity contribution in [3.05, 3.63) is 47.7 Å². The van der Waals surface area contributed by atoms with Crippen LogP contribution in [0.25, 0.3) is 11.0 Å². The Bertz CT molecular complexity index is 804. The van der Waals surface area contributed by atoms with Crippen molar-refractivity contribution < 1.29 is 8.42 Å². The fourth-order valence-corrected chi connectivity index (χ4v) is 2.08. The molecule has 0 atom stereocenters. The van der Waals surface area contributed by atoms with Crippen molar-refractivity contribution in [2.24, 2.45) is 5.14 Å². The molecule has 0 spiro atoms. The van der Waals surface area contributed by atoms with Crippen molar-refractivity contribution >= 4 is 32.7 Å². The lowest BCUT2D eigenvalue weighted by atomic mass is 10.4. The Morgan fingerprint density at radius 3 is 2.35 bits per heavy atom. The fourth-order valence-electron chi connectivity index (χ4n) is 1.35. The molecule has 1 aromatic carbocycles. The molecular formula is C11H10ClN5O2S. The number of H-pyrrole nitrogens is 1. The third kappa shape index (κ3) is 3.50. The molecule has 3 N–H and O–H groups in total. The second kappa shape index (κ2) is 5.95. The van der Waals surface area contributed by atoms with Gasteiger partial charge in [0.1, 0.15) is 11.0 Å². The second-order valence-electron chi connectivity index (χ2n) is 3.65. The van der Waals surface area contributed by atoms with Crippen LogP contribution in [0.4, 0.5) is 0 Å². The van der Waals surface area contributed by atoms with Crippen molar-refractivity contribution in [3.63, 3.8) is 0 Å². The molecular weight excluding hydrogens is 302 g/mol. The molecule has 9 heteroatoms. The number of fused-ring (bicyclic) bond motifs is 1. The van der Waals surface area contributed by atoms with Crippen LogP contribution in [0.5, 0.6) is 0 Å². The minimum atomic E-state index is -3.50. The first kappa shape index (κ1) is 14.4. The van der Waals surface area contributed by atoms with Gasteiger partial charge < -0.3 is 0 Å². The minimum Gasteiger partial charge on any atom is -0.242 e. The molecule has 2 heterocycles. The van der Waals surface area contributed by atoms with E-state index in [0.717, 1.165) is 5.52 Å². The number of sulfonamides is 1. The van der Waals surface area contributed by atoms with Crippen LogP contribution in [0.3, 0.4) is 0 Å². The lowest BCUT2D eigenvalue weighted by Crippen LogP contribution is -2.11. The van der Waals surface area contributed by atoms with Crippen molar-refractivity contribution in [3.8, 4) is 0 Å². The van der Waals surface area contributed by atoms with E-state index < -0.39 is 10.0 Å². The molecule has 2 aromatic heterocycles. The second-order valence-corrected chi connectivity index (χ2v) is 5.57. The zero-order valence-electron chi connectivity index (χ0n) is 10.1. The number of aromatic amines is 1. The third-order valence-electron chi connectivity index (χ3n) is 2.26. The number of primary sulfonamides is 1. The third-order valence-corrected chi connectivity index (χ3v) is 3.47. The zero-order valence-corrected chi connectivity index (χ0v) is 11.6. The number of hydrogen-bond donors (Lipinski definition) is 2. The summed E-state index contributed by atoms with van der Waals surface area (Å²) in [7, 11) is -3.50. The fraction of sp³-hybridized carbons (Fsp3) is 0. The summed E-state index contributed by atoms with van der Waals surface area (Å²) < 4.78 is 21.2. The molecule has 0 saturated heterocycles. The highest BCUT2D eigenvalue weighted by Crippen LogP contribution is 2.14. The maximum atomic E-state index is 10.6. The lowest BCUT2D eigenvalue weighted by Gasteiger charge is -1.93. The number of nitrogens with two attached hydrogens (primary N) is 1. The van der Waals surface area contributed by atoms with Gasteiger partial charge in [0.2, 0.25) is 10.0 Å². The molecule has 104 valence electrons. The van der Waals surface area contributed by atoms with Gasteiger partial charge in [0, 0.05) is 6.20 Å². The number of benzene rings is 1. The molecule has 3 aromatic rings. The number of nitrogens with one attached hydrogen (secondary N) is 1. The minimum absolute atomic E-state index is 0.148. The van der Waals surface area contributed by atoms with Gasteiger partial charge in [0.15, 0.2) is 5.15 Å². The number of halogens is 1. The normalized spacial score (nSPS) is 10.9. The van der Waals surface area contributed by atoms with E-state index in [1.807, 2.05) is 0 Å². The van der Waals surface area contributed by atoms with Crippen LogP contribution in [0.2, 0.25) is 5.15 Å². The van der Waals surface area contributed by atoms with Crippen LogP contribution in [0.15, 0.2) is 47.5 Å². The van der Waals surface area contributed by atoms with E-state index in [4.69, 9.17) is 16.7 Å². The Morgan fingerprint density at radius 2 is 1.80 bits per heavy atom. The number of rotatable bonds is 1. The van der Waals surface area contributed by atoms with Gasteiger partial charge >= 0.3 is 0 Å². The molecule has 0 amide bonds. The molecule has 0 aliphatic heterocycles. The van der Waals surface area contributed by atoms with Crippen molar-refractivity contribution in [1.29, 1.82) is 0 Å². The summed E-state index contributed by atoms with van der Waals surface area (Å²) in [6.07, 6.45) is 1.59. The lowest BCUT2D eigenvalue weighted by molar-refractivity contribution is 0.598. The molecule has 0 saturated carbocycles. The van der Waals surface area contributed by atoms with Gasteiger partial charge in [-0.3, -0.25) is 0 Å². The monoisotopic (exact) mass is 311 g/mol. The summed E-state index contributed by atoms with van der Waals surface area (Å²) >= 11 is 5.66. The van der Waals surface area contributed by atoms with E-state index in [-0.39, 0.29) is 4.90 Å². The number of aromatic nitrogens is 4. The number of hydrogen-bond acceptors (Lipinski definition) is 5. The largest absolute Gasteiger partial charge is 0.242 e. The molecule has 20 heavy (non-hydrogen) atoms.